The van der Waals surface area contributed by atoms with Crippen LogP contribution in [0.1, 0.15) is 16.8 Å². The monoisotopic (exact) mass is 363 g/mol. The Morgan fingerprint density at radius 1 is 1.16 bits per heavy atom. The third kappa shape index (κ3) is 3.62. The maximum Gasteiger partial charge on any atom is 0.153 e. The normalized spacial score (nSPS) is 10.8. The smallest absolute Gasteiger partial charge is 0.153 e. The largest absolute Gasteiger partial charge is 0.395 e. The zero-order chi connectivity index (χ0) is 17.3. The Kier molecular flexibility index (Phi) is 6.03. The second-order valence-corrected chi connectivity index (χ2v) is 6.10. The molecule has 25 heavy (non-hydrogen) atoms. The zero-order valence-corrected chi connectivity index (χ0v) is 15.5. The molecule has 2 aromatic heterocycles. The summed E-state index contributed by atoms with van der Waals surface area (Å²) < 4.78 is 15.2. The minimum atomic E-state index is -0.232. The average Bonchev–Trinajstić information content (AvgIpc) is 2.82. The van der Waals surface area contributed by atoms with Crippen LogP contribution < -0.4 is 4.90 Å². The number of fused-ring (bicyclic) bond motifs is 1. The molecule has 0 aliphatic heterocycles. The third-order valence-electron chi connectivity index (χ3n) is 4.54. The molecule has 0 bridgehead atoms. The van der Waals surface area contributed by atoms with Crippen molar-refractivity contribution >= 4 is 29.1 Å². The highest BCUT2D eigenvalue weighted by Gasteiger charge is 2.17. The number of hydrogen-bond acceptors (Lipinski definition) is 3. The molecule has 0 radical (unpaired) electrons. The number of anilines is 1. The van der Waals surface area contributed by atoms with E-state index < -0.39 is 0 Å². The van der Waals surface area contributed by atoms with Gasteiger partial charge in [-0.2, -0.15) is 0 Å². The van der Waals surface area contributed by atoms with E-state index in [9.17, 15) is 9.50 Å². The van der Waals surface area contributed by atoms with Gasteiger partial charge in [0.2, 0.25) is 0 Å². The molecule has 3 rings (SSSR count). The highest BCUT2D eigenvalue weighted by Crippen LogP contribution is 2.31. The molecule has 0 spiro atoms. The molecule has 0 saturated carbocycles. The lowest BCUT2D eigenvalue weighted by Gasteiger charge is -2.20. The SMILES string of the molecule is Cc1c(C)n(CCO)c2c(N(C)Cc3ccc(F)cc3)nccc12.Cl. The Balaban J connectivity index is 0.00000225. The number of halogens is 2. The second-order valence-electron chi connectivity index (χ2n) is 6.10. The van der Waals surface area contributed by atoms with Gasteiger partial charge in [0, 0.05) is 37.4 Å². The fourth-order valence-corrected chi connectivity index (χ4v) is 3.17. The number of rotatable bonds is 5. The van der Waals surface area contributed by atoms with Crippen molar-refractivity contribution < 1.29 is 9.50 Å². The van der Waals surface area contributed by atoms with Crippen LogP contribution in [-0.2, 0) is 13.1 Å². The first-order valence-electron chi connectivity index (χ1n) is 8.03. The van der Waals surface area contributed by atoms with Crippen LogP contribution in [0.5, 0.6) is 0 Å². The Labute approximate surface area is 153 Å². The fraction of sp³-hybridized carbons (Fsp3) is 0.316. The van der Waals surface area contributed by atoms with Crippen LogP contribution >= 0.6 is 12.4 Å². The second kappa shape index (κ2) is 7.85. The van der Waals surface area contributed by atoms with E-state index in [1.54, 1.807) is 12.1 Å². The van der Waals surface area contributed by atoms with Gasteiger partial charge in [0.05, 0.1) is 12.1 Å². The predicted molar refractivity (Wildman–Crippen MR) is 102 cm³/mol. The minimum Gasteiger partial charge on any atom is -0.395 e. The summed E-state index contributed by atoms with van der Waals surface area (Å²) in [6.45, 7) is 5.41. The van der Waals surface area contributed by atoms with Crippen molar-refractivity contribution in [2.75, 3.05) is 18.6 Å². The zero-order valence-electron chi connectivity index (χ0n) is 14.7. The Hall–Kier alpha value is -2.11. The molecule has 1 aromatic carbocycles. The van der Waals surface area contributed by atoms with Crippen LogP contribution in [0.4, 0.5) is 10.2 Å². The van der Waals surface area contributed by atoms with Gasteiger partial charge in [-0.3, -0.25) is 0 Å². The summed E-state index contributed by atoms with van der Waals surface area (Å²) in [6.07, 6.45) is 1.81. The fourth-order valence-electron chi connectivity index (χ4n) is 3.17. The standard InChI is InChI=1S/C19H22FN3O.ClH/c1-13-14(2)23(10-11-24)18-17(13)8-9-21-19(18)22(3)12-15-4-6-16(20)7-5-15;/h4-9,24H,10-12H2,1-3H3;1H. The van der Waals surface area contributed by atoms with E-state index in [0.29, 0.717) is 13.1 Å². The van der Waals surface area contributed by atoms with E-state index in [4.69, 9.17) is 0 Å². The van der Waals surface area contributed by atoms with Crippen molar-refractivity contribution in [2.24, 2.45) is 0 Å². The van der Waals surface area contributed by atoms with Gasteiger partial charge >= 0.3 is 0 Å². The maximum atomic E-state index is 13.1. The molecule has 0 saturated heterocycles. The first-order chi connectivity index (χ1) is 11.5. The predicted octanol–water partition coefficient (Wildman–Crippen LogP) is 3.84. The first kappa shape index (κ1) is 19.2. The van der Waals surface area contributed by atoms with E-state index in [-0.39, 0.29) is 24.8 Å². The highest BCUT2D eigenvalue weighted by atomic mass is 35.5. The van der Waals surface area contributed by atoms with Crippen molar-refractivity contribution in [1.82, 2.24) is 9.55 Å². The van der Waals surface area contributed by atoms with Crippen LogP contribution in [-0.4, -0.2) is 28.3 Å². The van der Waals surface area contributed by atoms with Gasteiger partial charge < -0.3 is 14.6 Å². The quantitative estimate of drug-likeness (QED) is 0.748. The van der Waals surface area contributed by atoms with Crippen molar-refractivity contribution in [3.05, 3.63) is 59.2 Å². The van der Waals surface area contributed by atoms with Gasteiger partial charge in [-0.05, 0) is 43.2 Å². The molecular weight excluding hydrogens is 341 g/mol. The number of pyridine rings is 1. The van der Waals surface area contributed by atoms with E-state index in [1.807, 2.05) is 19.3 Å². The van der Waals surface area contributed by atoms with Gasteiger partial charge in [-0.15, -0.1) is 12.4 Å². The molecule has 0 aliphatic carbocycles. The lowest BCUT2D eigenvalue weighted by atomic mass is 10.2. The van der Waals surface area contributed by atoms with Gasteiger partial charge in [-0.25, -0.2) is 9.37 Å². The lowest BCUT2D eigenvalue weighted by Crippen LogP contribution is -2.19. The molecule has 0 fully saturated rings. The van der Waals surface area contributed by atoms with Crippen molar-refractivity contribution in [1.29, 1.82) is 0 Å². The summed E-state index contributed by atoms with van der Waals surface area (Å²) in [5.74, 6) is 0.631. The number of nitrogens with zero attached hydrogens (tertiary/aromatic N) is 3. The van der Waals surface area contributed by atoms with E-state index in [1.165, 1.54) is 17.7 Å². The number of hydrogen-bond donors (Lipinski definition) is 1. The molecule has 6 heteroatoms. The van der Waals surface area contributed by atoms with Gasteiger partial charge in [0.1, 0.15) is 5.82 Å². The molecule has 0 aliphatic rings. The summed E-state index contributed by atoms with van der Waals surface area (Å²) in [5.41, 5.74) is 4.40. The summed E-state index contributed by atoms with van der Waals surface area (Å²) >= 11 is 0. The molecule has 1 N–H and O–H groups in total. The third-order valence-corrected chi connectivity index (χ3v) is 4.54. The number of aliphatic hydroxyl groups is 1. The molecule has 2 heterocycles. The number of benzene rings is 1. The minimum absolute atomic E-state index is 0. The molecule has 0 unspecified atom stereocenters. The summed E-state index contributed by atoms with van der Waals surface area (Å²) in [5, 5.41) is 10.6. The summed E-state index contributed by atoms with van der Waals surface area (Å²) in [6, 6.07) is 8.53. The van der Waals surface area contributed by atoms with Gasteiger partial charge in [-0.1, -0.05) is 12.1 Å². The lowest BCUT2D eigenvalue weighted by molar-refractivity contribution is 0.277. The Bertz CT molecular complexity index is 861. The van der Waals surface area contributed by atoms with Crippen LogP contribution in [0.2, 0.25) is 0 Å². The average molecular weight is 364 g/mol. The van der Waals surface area contributed by atoms with E-state index in [2.05, 4.69) is 28.3 Å². The number of aryl methyl sites for hydroxylation is 1. The maximum absolute atomic E-state index is 13.1. The van der Waals surface area contributed by atoms with Crippen LogP contribution in [0, 0.1) is 19.7 Å². The van der Waals surface area contributed by atoms with Crippen LogP contribution in [0.25, 0.3) is 10.9 Å². The van der Waals surface area contributed by atoms with Crippen molar-refractivity contribution in [3.63, 3.8) is 0 Å². The number of aromatic nitrogens is 2. The topological polar surface area (TPSA) is 41.3 Å². The van der Waals surface area contributed by atoms with Crippen molar-refractivity contribution in [2.45, 2.75) is 26.9 Å². The summed E-state index contributed by atoms with van der Waals surface area (Å²) in [4.78, 5) is 6.63. The first-order valence-corrected chi connectivity index (χ1v) is 8.03. The Morgan fingerprint density at radius 3 is 2.48 bits per heavy atom. The van der Waals surface area contributed by atoms with Crippen molar-refractivity contribution in [3.8, 4) is 0 Å². The number of aliphatic hydroxyl groups excluding tert-OH is 1. The molecule has 134 valence electrons. The van der Waals surface area contributed by atoms with Crippen LogP contribution in [0.15, 0.2) is 36.5 Å². The molecular formula is C19H23ClFN3O. The molecule has 0 atom stereocenters. The summed E-state index contributed by atoms with van der Waals surface area (Å²) in [7, 11) is 1.98. The Morgan fingerprint density at radius 2 is 1.84 bits per heavy atom. The van der Waals surface area contributed by atoms with E-state index in [0.717, 1.165) is 28.0 Å². The highest BCUT2D eigenvalue weighted by molar-refractivity contribution is 5.93. The van der Waals surface area contributed by atoms with Gasteiger partial charge in [0.25, 0.3) is 0 Å². The van der Waals surface area contributed by atoms with Crippen LogP contribution in [0.3, 0.4) is 0 Å². The molecule has 4 nitrogen and oxygen atoms in total. The molecule has 3 aromatic rings. The van der Waals surface area contributed by atoms with E-state index >= 15 is 0 Å². The van der Waals surface area contributed by atoms with Gasteiger partial charge in [0.15, 0.2) is 5.82 Å². The molecule has 0 amide bonds.